The Kier molecular flexibility index (Phi) is 3.94. The van der Waals surface area contributed by atoms with Crippen LogP contribution in [0.5, 0.6) is 0 Å². The lowest BCUT2D eigenvalue weighted by Gasteiger charge is -2.22. The van der Waals surface area contributed by atoms with Crippen molar-refractivity contribution in [2.24, 2.45) is 0 Å². The largest absolute Gasteiger partial charge is 0.378 e. The summed E-state index contributed by atoms with van der Waals surface area (Å²) in [6.45, 7) is 3.43. The fraction of sp³-hybridized carbons (Fsp3) is 0.357. The van der Waals surface area contributed by atoms with Gasteiger partial charge >= 0.3 is 0 Å². The summed E-state index contributed by atoms with van der Waals surface area (Å²) in [6.07, 6.45) is 0. The zero-order chi connectivity index (χ0) is 14.7. The van der Waals surface area contributed by atoms with Gasteiger partial charge in [0.05, 0.1) is 13.2 Å². The van der Waals surface area contributed by atoms with Crippen molar-refractivity contribution in [1.29, 1.82) is 0 Å². The van der Waals surface area contributed by atoms with Crippen molar-refractivity contribution in [2.45, 2.75) is 13.0 Å². The molecule has 2 aromatic rings. The lowest BCUT2D eigenvalue weighted by molar-refractivity contribution is -0.120. The van der Waals surface area contributed by atoms with E-state index in [9.17, 15) is 4.79 Å². The minimum atomic E-state index is -0.324. The minimum Gasteiger partial charge on any atom is -0.378 e. The maximum Gasteiger partial charge on any atom is 0.243 e. The second kappa shape index (κ2) is 6.02. The van der Waals surface area contributed by atoms with Crippen LogP contribution < -0.4 is 10.6 Å². The number of anilines is 1. The molecule has 3 rings (SSSR count). The highest BCUT2D eigenvalue weighted by Gasteiger charge is 2.21. The van der Waals surface area contributed by atoms with Crippen LogP contribution in [0.1, 0.15) is 5.89 Å². The van der Waals surface area contributed by atoms with Gasteiger partial charge in [0.25, 0.3) is 0 Å². The maximum absolute atomic E-state index is 12.1. The number of carbonyl (C=O) groups is 1. The van der Waals surface area contributed by atoms with Crippen LogP contribution in [0.2, 0.25) is 0 Å². The van der Waals surface area contributed by atoms with Gasteiger partial charge in [-0.25, -0.2) is 0 Å². The van der Waals surface area contributed by atoms with Gasteiger partial charge in [-0.15, -0.1) is 0 Å². The molecule has 0 radical (unpaired) electrons. The number of benzene rings is 1. The summed E-state index contributed by atoms with van der Waals surface area (Å²) in [7, 11) is 0. The molecule has 7 heteroatoms. The van der Waals surface area contributed by atoms with E-state index in [1.807, 2.05) is 24.3 Å². The molecule has 1 amide bonds. The normalized spacial score (nSPS) is 18.4. The molecule has 1 atom stereocenters. The number of hydrogen-bond donors (Lipinski definition) is 2. The van der Waals surface area contributed by atoms with E-state index in [0.29, 0.717) is 37.2 Å². The zero-order valence-corrected chi connectivity index (χ0v) is 11.6. The maximum atomic E-state index is 12.1. The lowest BCUT2D eigenvalue weighted by atomic mass is 10.2. The predicted octanol–water partition coefficient (Wildman–Crippen LogP) is 0.972. The highest BCUT2D eigenvalue weighted by molar-refractivity contribution is 5.95. The fourth-order valence-corrected chi connectivity index (χ4v) is 2.12. The summed E-state index contributed by atoms with van der Waals surface area (Å²) in [5.41, 5.74) is 1.48. The smallest absolute Gasteiger partial charge is 0.243 e. The molecule has 0 spiro atoms. The number of nitrogens with zero attached hydrogens (tertiary/aromatic N) is 2. The number of hydrogen-bond acceptors (Lipinski definition) is 6. The third kappa shape index (κ3) is 3.26. The molecule has 21 heavy (non-hydrogen) atoms. The molecular weight excluding hydrogens is 272 g/mol. The molecule has 0 aliphatic carbocycles. The summed E-state index contributed by atoms with van der Waals surface area (Å²) in [5.74, 6) is 0.891. The van der Waals surface area contributed by atoms with E-state index in [2.05, 4.69) is 20.8 Å². The summed E-state index contributed by atoms with van der Waals surface area (Å²) in [4.78, 5) is 16.3. The van der Waals surface area contributed by atoms with Gasteiger partial charge in [0.15, 0.2) is 0 Å². The third-order valence-electron chi connectivity index (χ3n) is 3.15. The first-order chi connectivity index (χ1) is 10.2. The van der Waals surface area contributed by atoms with Gasteiger partial charge in [-0.05, 0) is 12.1 Å². The van der Waals surface area contributed by atoms with Crippen molar-refractivity contribution >= 4 is 11.6 Å². The van der Waals surface area contributed by atoms with Gasteiger partial charge in [-0.1, -0.05) is 17.3 Å². The van der Waals surface area contributed by atoms with Crippen LogP contribution >= 0.6 is 0 Å². The van der Waals surface area contributed by atoms with Crippen molar-refractivity contribution in [3.05, 3.63) is 30.2 Å². The zero-order valence-electron chi connectivity index (χ0n) is 11.6. The number of morpholine rings is 1. The van der Waals surface area contributed by atoms with Crippen LogP contribution in [0, 0.1) is 6.92 Å². The first-order valence-corrected chi connectivity index (χ1v) is 6.75. The predicted molar refractivity (Wildman–Crippen MR) is 75.7 cm³/mol. The number of ether oxygens (including phenoxy) is 1. The van der Waals surface area contributed by atoms with Gasteiger partial charge in [0, 0.05) is 24.7 Å². The van der Waals surface area contributed by atoms with Crippen molar-refractivity contribution in [3.63, 3.8) is 0 Å². The second-order valence-electron chi connectivity index (χ2n) is 4.79. The van der Waals surface area contributed by atoms with E-state index in [-0.39, 0.29) is 11.9 Å². The Morgan fingerprint density at radius 1 is 1.48 bits per heavy atom. The molecule has 0 bridgehead atoms. The SMILES string of the molecule is Cc1nc(-c2cccc(NC(=O)C3COCCN3)c2)no1. The van der Waals surface area contributed by atoms with E-state index in [1.54, 1.807) is 6.92 Å². The van der Waals surface area contributed by atoms with Gasteiger partial charge < -0.3 is 19.9 Å². The van der Waals surface area contributed by atoms with Crippen molar-refractivity contribution < 1.29 is 14.1 Å². The number of nitrogens with one attached hydrogen (secondary N) is 2. The highest BCUT2D eigenvalue weighted by Crippen LogP contribution is 2.20. The van der Waals surface area contributed by atoms with Gasteiger partial charge in [0.2, 0.25) is 17.6 Å². The van der Waals surface area contributed by atoms with Gasteiger partial charge in [-0.3, -0.25) is 4.79 Å². The Bertz CT molecular complexity index is 635. The number of aromatic nitrogens is 2. The second-order valence-corrected chi connectivity index (χ2v) is 4.79. The number of rotatable bonds is 3. The average molecular weight is 288 g/mol. The Morgan fingerprint density at radius 3 is 3.10 bits per heavy atom. The molecular formula is C14H16N4O3. The highest BCUT2D eigenvalue weighted by atomic mass is 16.5. The summed E-state index contributed by atoms with van der Waals surface area (Å²) in [6, 6.07) is 7.00. The molecule has 2 heterocycles. The van der Waals surface area contributed by atoms with Crippen LogP contribution in [-0.4, -0.2) is 41.8 Å². The molecule has 0 saturated carbocycles. The monoisotopic (exact) mass is 288 g/mol. The first kappa shape index (κ1) is 13.7. The Morgan fingerprint density at radius 2 is 2.38 bits per heavy atom. The molecule has 1 saturated heterocycles. The van der Waals surface area contributed by atoms with Crippen molar-refractivity contribution in [2.75, 3.05) is 25.1 Å². The molecule has 1 aromatic carbocycles. The van der Waals surface area contributed by atoms with E-state index in [1.165, 1.54) is 0 Å². The Hall–Kier alpha value is -2.25. The van der Waals surface area contributed by atoms with E-state index < -0.39 is 0 Å². The third-order valence-corrected chi connectivity index (χ3v) is 3.15. The molecule has 1 unspecified atom stereocenters. The molecule has 1 aliphatic rings. The van der Waals surface area contributed by atoms with Gasteiger partial charge in [0.1, 0.15) is 6.04 Å². The standard InChI is InChI=1S/C14H16N4O3/c1-9-16-13(18-21-9)10-3-2-4-11(7-10)17-14(19)12-8-20-6-5-15-12/h2-4,7,12,15H,5-6,8H2,1H3,(H,17,19). The van der Waals surface area contributed by atoms with Crippen LogP contribution in [0.3, 0.4) is 0 Å². The number of carbonyl (C=O) groups excluding carboxylic acids is 1. The topological polar surface area (TPSA) is 89.3 Å². The molecule has 1 fully saturated rings. The summed E-state index contributed by atoms with van der Waals surface area (Å²) in [5, 5.41) is 9.84. The van der Waals surface area contributed by atoms with Crippen molar-refractivity contribution in [3.8, 4) is 11.4 Å². The van der Waals surface area contributed by atoms with Crippen molar-refractivity contribution in [1.82, 2.24) is 15.5 Å². The van der Waals surface area contributed by atoms with E-state index in [0.717, 1.165) is 5.56 Å². The molecule has 7 nitrogen and oxygen atoms in total. The fourth-order valence-electron chi connectivity index (χ4n) is 2.12. The summed E-state index contributed by atoms with van der Waals surface area (Å²) >= 11 is 0. The molecule has 1 aliphatic heterocycles. The van der Waals surface area contributed by atoms with Gasteiger partial charge in [-0.2, -0.15) is 4.98 Å². The Balaban J connectivity index is 1.72. The van der Waals surface area contributed by atoms with Crippen LogP contribution in [0.4, 0.5) is 5.69 Å². The molecule has 110 valence electrons. The lowest BCUT2D eigenvalue weighted by Crippen LogP contribution is -2.48. The molecule has 1 aromatic heterocycles. The van der Waals surface area contributed by atoms with Crippen LogP contribution in [0.15, 0.2) is 28.8 Å². The Labute approximate surface area is 121 Å². The van der Waals surface area contributed by atoms with Crippen LogP contribution in [0.25, 0.3) is 11.4 Å². The van der Waals surface area contributed by atoms with E-state index in [4.69, 9.17) is 9.26 Å². The number of aryl methyl sites for hydroxylation is 1. The minimum absolute atomic E-state index is 0.115. The average Bonchev–Trinajstić information content (AvgIpc) is 2.95. The first-order valence-electron chi connectivity index (χ1n) is 6.75. The number of amides is 1. The van der Waals surface area contributed by atoms with E-state index >= 15 is 0 Å². The molecule has 2 N–H and O–H groups in total. The summed E-state index contributed by atoms with van der Waals surface area (Å²) < 4.78 is 10.2. The quantitative estimate of drug-likeness (QED) is 0.875. The van der Waals surface area contributed by atoms with Crippen LogP contribution in [-0.2, 0) is 9.53 Å².